The van der Waals surface area contributed by atoms with Crippen molar-refractivity contribution in [3.05, 3.63) is 11.9 Å². The number of amidine groups is 1. The zero-order valence-electron chi connectivity index (χ0n) is 8.47. The lowest BCUT2D eigenvalue weighted by atomic mass is 10.1. The van der Waals surface area contributed by atoms with Gasteiger partial charge in [0.1, 0.15) is 0 Å². The molecular formula is C9H18FN3. The monoisotopic (exact) mass is 187 g/mol. The molecule has 0 unspecified atom stereocenters. The molecule has 13 heavy (non-hydrogen) atoms. The van der Waals surface area contributed by atoms with E-state index in [1.165, 1.54) is 6.08 Å². The molecule has 0 saturated carbocycles. The molecule has 0 heterocycles. The standard InChI is InChI=1S/C9H18FN3/c1-7(11)13-5-4-8(10)6-9(2,3)12/h6H,4-5,12H2,1-3H3,(H2,11,13)/b8-6-. The predicted octanol–water partition coefficient (Wildman–Crippen LogP) is 1.34. The average Bonchev–Trinajstić information content (AvgIpc) is 1.81. The number of hydrogen-bond donors (Lipinski definition) is 2. The fourth-order valence-electron chi connectivity index (χ4n) is 0.815. The Labute approximate surface area is 78.7 Å². The molecule has 0 aromatic heterocycles. The van der Waals surface area contributed by atoms with Crippen LogP contribution in [-0.2, 0) is 0 Å². The molecule has 0 aliphatic rings. The molecule has 4 N–H and O–H groups in total. The lowest BCUT2D eigenvalue weighted by Gasteiger charge is -2.12. The molecule has 0 aromatic carbocycles. The van der Waals surface area contributed by atoms with E-state index >= 15 is 0 Å². The summed E-state index contributed by atoms with van der Waals surface area (Å²) in [5, 5.41) is 0. The van der Waals surface area contributed by atoms with Crippen molar-refractivity contribution in [3.8, 4) is 0 Å². The topological polar surface area (TPSA) is 64.4 Å². The van der Waals surface area contributed by atoms with Crippen molar-refractivity contribution in [2.45, 2.75) is 32.7 Å². The second kappa shape index (κ2) is 4.97. The number of aliphatic imine (C=N–C) groups is 1. The Morgan fingerprint density at radius 2 is 2.08 bits per heavy atom. The highest BCUT2D eigenvalue weighted by Crippen LogP contribution is 2.09. The summed E-state index contributed by atoms with van der Waals surface area (Å²) in [5.74, 6) is 0.234. The Kier molecular flexibility index (Phi) is 4.62. The maximum Gasteiger partial charge on any atom is 0.0996 e. The first kappa shape index (κ1) is 12.1. The molecule has 0 saturated heterocycles. The minimum Gasteiger partial charge on any atom is -0.388 e. The van der Waals surface area contributed by atoms with E-state index in [4.69, 9.17) is 11.5 Å². The maximum atomic E-state index is 13.0. The molecule has 0 spiro atoms. The van der Waals surface area contributed by atoms with Crippen LogP contribution in [0.3, 0.4) is 0 Å². The van der Waals surface area contributed by atoms with Gasteiger partial charge in [-0.1, -0.05) is 0 Å². The van der Waals surface area contributed by atoms with Crippen molar-refractivity contribution in [1.82, 2.24) is 0 Å². The third-order valence-electron chi connectivity index (χ3n) is 1.24. The third kappa shape index (κ3) is 9.01. The summed E-state index contributed by atoms with van der Waals surface area (Å²) in [6.45, 7) is 5.53. The zero-order valence-corrected chi connectivity index (χ0v) is 8.47. The molecule has 0 amide bonds. The average molecular weight is 187 g/mol. The molecule has 3 nitrogen and oxygen atoms in total. The molecule has 0 bridgehead atoms. The smallest absolute Gasteiger partial charge is 0.0996 e. The van der Waals surface area contributed by atoms with Crippen LogP contribution >= 0.6 is 0 Å². The Hall–Kier alpha value is -0.900. The lowest BCUT2D eigenvalue weighted by molar-refractivity contribution is 0.553. The van der Waals surface area contributed by atoms with Crippen molar-refractivity contribution >= 4 is 5.84 Å². The van der Waals surface area contributed by atoms with E-state index < -0.39 is 5.54 Å². The third-order valence-corrected chi connectivity index (χ3v) is 1.24. The van der Waals surface area contributed by atoms with Crippen LogP contribution in [0.1, 0.15) is 27.2 Å². The van der Waals surface area contributed by atoms with Gasteiger partial charge in [0, 0.05) is 18.5 Å². The van der Waals surface area contributed by atoms with Gasteiger partial charge < -0.3 is 11.5 Å². The summed E-state index contributed by atoms with van der Waals surface area (Å²) in [4.78, 5) is 3.87. The van der Waals surface area contributed by atoms with Gasteiger partial charge in [-0.15, -0.1) is 0 Å². The van der Waals surface area contributed by atoms with Crippen LogP contribution in [0.4, 0.5) is 4.39 Å². The highest BCUT2D eigenvalue weighted by atomic mass is 19.1. The van der Waals surface area contributed by atoms with Gasteiger partial charge in [0.25, 0.3) is 0 Å². The van der Waals surface area contributed by atoms with Gasteiger partial charge in [0.05, 0.1) is 11.7 Å². The van der Waals surface area contributed by atoms with Crippen LogP contribution in [0.5, 0.6) is 0 Å². The first-order chi connectivity index (χ1) is 5.81. The molecule has 0 aliphatic heterocycles. The van der Waals surface area contributed by atoms with Crippen molar-refractivity contribution in [2.75, 3.05) is 6.54 Å². The Morgan fingerprint density at radius 1 is 1.54 bits per heavy atom. The number of nitrogens with zero attached hydrogens (tertiary/aromatic N) is 1. The van der Waals surface area contributed by atoms with Gasteiger partial charge in [-0.05, 0) is 26.8 Å². The van der Waals surface area contributed by atoms with Crippen LogP contribution in [0.15, 0.2) is 16.9 Å². The molecule has 0 fully saturated rings. The van der Waals surface area contributed by atoms with E-state index in [1.807, 2.05) is 0 Å². The van der Waals surface area contributed by atoms with Gasteiger partial charge in [-0.2, -0.15) is 0 Å². The van der Waals surface area contributed by atoms with Gasteiger partial charge in [0.2, 0.25) is 0 Å². The maximum absolute atomic E-state index is 13.0. The Bertz CT molecular complexity index is 209. The fraction of sp³-hybridized carbons (Fsp3) is 0.667. The second-order valence-electron chi connectivity index (χ2n) is 3.69. The van der Waals surface area contributed by atoms with Gasteiger partial charge >= 0.3 is 0 Å². The minimum absolute atomic E-state index is 0.238. The Balaban J connectivity index is 3.95. The highest BCUT2D eigenvalue weighted by Gasteiger charge is 2.08. The zero-order chi connectivity index (χ0) is 10.5. The number of halogens is 1. The van der Waals surface area contributed by atoms with Crippen molar-refractivity contribution in [2.24, 2.45) is 16.5 Å². The molecule has 0 aliphatic carbocycles. The van der Waals surface area contributed by atoms with Crippen molar-refractivity contribution in [1.29, 1.82) is 0 Å². The quantitative estimate of drug-likeness (QED) is 0.515. The van der Waals surface area contributed by atoms with E-state index in [0.29, 0.717) is 12.4 Å². The lowest BCUT2D eigenvalue weighted by Crippen LogP contribution is -2.29. The van der Waals surface area contributed by atoms with E-state index in [0.717, 1.165) is 0 Å². The van der Waals surface area contributed by atoms with Gasteiger partial charge in [0.15, 0.2) is 0 Å². The molecule has 0 radical (unpaired) electrons. The fourth-order valence-corrected chi connectivity index (χ4v) is 0.815. The van der Waals surface area contributed by atoms with E-state index in [2.05, 4.69) is 4.99 Å². The summed E-state index contributed by atoms with van der Waals surface area (Å²) in [7, 11) is 0. The summed E-state index contributed by atoms with van der Waals surface area (Å²) in [5.41, 5.74) is 10.3. The Morgan fingerprint density at radius 3 is 2.46 bits per heavy atom. The molecular weight excluding hydrogens is 169 g/mol. The highest BCUT2D eigenvalue weighted by molar-refractivity contribution is 5.77. The number of rotatable bonds is 4. The SMILES string of the molecule is CC(N)=NCC/C(F)=C/C(C)(C)N. The van der Waals surface area contributed by atoms with E-state index in [-0.39, 0.29) is 12.2 Å². The first-order valence-corrected chi connectivity index (χ1v) is 4.24. The van der Waals surface area contributed by atoms with Crippen LogP contribution in [0.2, 0.25) is 0 Å². The van der Waals surface area contributed by atoms with Crippen LogP contribution in [0, 0.1) is 0 Å². The molecule has 0 aromatic rings. The van der Waals surface area contributed by atoms with Crippen LogP contribution < -0.4 is 11.5 Å². The van der Waals surface area contributed by atoms with Crippen LogP contribution in [0.25, 0.3) is 0 Å². The van der Waals surface area contributed by atoms with E-state index in [1.54, 1.807) is 20.8 Å². The van der Waals surface area contributed by atoms with Crippen LogP contribution in [-0.4, -0.2) is 17.9 Å². The van der Waals surface area contributed by atoms with Gasteiger partial charge in [-0.3, -0.25) is 4.99 Å². The van der Waals surface area contributed by atoms with E-state index in [9.17, 15) is 4.39 Å². The molecule has 0 atom stereocenters. The summed E-state index contributed by atoms with van der Waals surface area (Å²) in [6.07, 6.45) is 1.66. The normalized spacial score (nSPS) is 14.8. The minimum atomic E-state index is -0.606. The second-order valence-corrected chi connectivity index (χ2v) is 3.69. The first-order valence-electron chi connectivity index (χ1n) is 4.24. The van der Waals surface area contributed by atoms with Crippen molar-refractivity contribution < 1.29 is 4.39 Å². The molecule has 76 valence electrons. The largest absolute Gasteiger partial charge is 0.388 e. The number of nitrogens with two attached hydrogens (primary N) is 2. The summed E-state index contributed by atoms with van der Waals surface area (Å²) >= 11 is 0. The molecule has 4 heteroatoms. The molecule has 0 rings (SSSR count). The predicted molar refractivity (Wildman–Crippen MR) is 54.2 cm³/mol. The summed E-state index contributed by atoms with van der Waals surface area (Å²) in [6, 6.07) is 0. The van der Waals surface area contributed by atoms with Gasteiger partial charge in [-0.25, -0.2) is 4.39 Å². The number of hydrogen-bond acceptors (Lipinski definition) is 2. The van der Waals surface area contributed by atoms with Crippen molar-refractivity contribution in [3.63, 3.8) is 0 Å². The summed E-state index contributed by atoms with van der Waals surface area (Å²) < 4.78 is 13.0.